The highest BCUT2D eigenvalue weighted by molar-refractivity contribution is 5.85. The molecule has 5 heteroatoms. The number of allylic oxidation sites excluding steroid dienone is 1. The van der Waals surface area contributed by atoms with Gasteiger partial charge in [0.05, 0.1) is 12.8 Å². The third kappa shape index (κ3) is 4.40. The van der Waals surface area contributed by atoms with Crippen molar-refractivity contribution < 1.29 is 19.3 Å². The van der Waals surface area contributed by atoms with Crippen LogP contribution in [0.3, 0.4) is 0 Å². The summed E-state index contributed by atoms with van der Waals surface area (Å²) in [6.07, 6.45) is 1.98. The first-order valence-electron chi connectivity index (χ1n) is 9.69. The van der Waals surface area contributed by atoms with Gasteiger partial charge in [-0.15, -0.1) is 0 Å². The maximum absolute atomic E-state index is 14.7. The highest BCUT2D eigenvalue weighted by Gasteiger charge is 2.20. The van der Waals surface area contributed by atoms with Gasteiger partial charge in [0.25, 0.3) is 0 Å². The van der Waals surface area contributed by atoms with Crippen molar-refractivity contribution in [3.63, 3.8) is 0 Å². The van der Waals surface area contributed by atoms with Crippen molar-refractivity contribution in [2.24, 2.45) is 0 Å². The van der Waals surface area contributed by atoms with E-state index in [4.69, 9.17) is 4.74 Å². The van der Waals surface area contributed by atoms with Crippen molar-refractivity contribution in [3.05, 3.63) is 71.6 Å². The first-order chi connectivity index (χ1) is 14.3. The number of benzene rings is 3. The summed E-state index contributed by atoms with van der Waals surface area (Å²) in [4.78, 5) is 0. The molecule has 0 heterocycles. The molecule has 0 aliphatic rings. The average Bonchev–Trinajstić information content (AvgIpc) is 2.69. The number of phenols is 2. The summed E-state index contributed by atoms with van der Waals surface area (Å²) in [6, 6.07) is 13.4. The van der Waals surface area contributed by atoms with Crippen LogP contribution in [0.25, 0.3) is 22.3 Å². The van der Waals surface area contributed by atoms with Crippen LogP contribution >= 0.6 is 0 Å². The van der Waals surface area contributed by atoms with Gasteiger partial charge in [-0.25, -0.2) is 4.39 Å². The van der Waals surface area contributed by atoms with Crippen molar-refractivity contribution >= 4 is 5.69 Å². The molecule has 3 aromatic carbocycles. The average molecular weight is 407 g/mol. The lowest BCUT2D eigenvalue weighted by atomic mass is 9.93. The number of anilines is 1. The Morgan fingerprint density at radius 3 is 2.30 bits per heavy atom. The van der Waals surface area contributed by atoms with Gasteiger partial charge in [0, 0.05) is 17.7 Å². The minimum Gasteiger partial charge on any atom is -0.508 e. The highest BCUT2D eigenvalue weighted by atomic mass is 19.1. The fourth-order valence-corrected chi connectivity index (χ4v) is 3.39. The Kier molecular flexibility index (Phi) is 6.31. The number of methoxy groups -OCH3 is 1. The third-order valence-corrected chi connectivity index (χ3v) is 4.89. The van der Waals surface area contributed by atoms with Gasteiger partial charge < -0.3 is 20.3 Å². The molecule has 0 saturated heterocycles. The molecule has 0 spiro atoms. The molecule has 3 rings (SSSR count). The SMILES string of the molecule is COc1c(-c2ccc(O)cc2)cc(C)c(-c2ccc(NCC=C(C)C)c(F)c2)c1O. The number of aryl methyl sites for hydroxylation is 1. The number of aromatic hydroxyl groups is 2. The van der Waals surface area contributed by atoms with Gasteiger partial charge in [-0.1, -0.05) is 29.8 Å². The predicted molar refractivity (Wildman–Crippen MR) is 120 cm³/mol. The number of nitrogens with one attached hydrogen (secondary N) is 1. The van der Waals surface area contributed by atoms with E-state index >= 15 is 0 Å². The van der Waals surface area contributed by atoms with E-state index in [2.05, 4.69) is 5.32 Å². The lowest BCUT2D eigenvalue weighted by molar-refractivity contribution is 0.376. The number of ether oxygens (including phenoxy) is 1. The van der Waals surface area contributed by atoms with Gasteiger partial charge in [-0.05, 0) is 67.8 Å². The zero-order valence-corrected chi connectivity index (χ0v) is 17.6. The summed E-state index contributed by atoms with van der Waals surface area (Å²) in [6.45, 7) is 6.37. The molecule has 0 bridgehead atoms. The lowest BCUT2D eigenvalue weighted by Gasteiger charge is -2.18. The quantitative estimate of drug-likeness (QED) is 0.422. The topological polar surface area (TPSA) is 61.7 Å². The van der Waals surface area contributed by atoms with Gasteiger partial charge >= 0.3 is 0 Å². The van der Waals surface area contributed by atoms with Crippen molar-refractivity contribution in [2.45, 2.75) is 20.8 Å². The minimum atomic E-state index is -0.393. The van der Waals surface area contributed by atoms with Crippen LogP contribution in [0.2, 0.25) is 0 Å². The first kappa shape index (κ1) is 21.2. The maximum Gasteiger partial charge on any atom is 0.168 e. The van der Waals surface area contributed by atoms with E-state index < -0.39 is 5.82 Å². The molecule has 0 saturated carbocycles. The Morgan fingerprint density at radius 2 is 1.70 bits per heavy atom. The molecule has 4 nitrogen and oxygen atoms in total. The normalized spacial score (nSPS) is 10.6. The molecule has 0 radical (unpaired) electrons. The molecule has 3 aromatic rings. The Bertz CT molecular complexity index is 1080. The summed E-state index contributed by atoms with van der Waals surface area (Å²) in [5, 5.41) is 23.6. The Labute approximate surface area is 176 Å². The zero-order chi connectivity index (χ0) is 21.8. The third-order valence-electron chi connectivity index (χ3n) is 4.89. The van der Waals surface area contributed by atoms with E-state index in [0.717, 1.165) is 16.7 Å². The Hall–Kier alpha value is -3.47. The van der Waals surface area contributed by atoms with Crippen LogP contribution in [0, 0.1) is 12.7 Å². The second kappa shape index (κ2) is 8.91. The zero-order valence-electron chi connectivity index (χ0n) is 17.6. The fraction of sp³-hybridized carbons (Fsp3) is 0.200. The van der Waals surface area contributed by atoms with Crippen molar-refractivity contribution in [1.29, 1.82) is 0 Å². The van der Waals surface area contributed by atoms with Crippen molar-refractivity contribution in [1.82, 2.24) is 0 Å². The lowest BCUT2D eigenvalue weighted by Crippen LogP contribution is -2.01. The van der Waals surface area contributed by atoms with Crippen molar-refractivity contribution in [2.75, 3.05) is 19.0 Å². The van der Waals surface area contributed by atoms with E-state index in [9.17, 15) is 14.6 Å². The van der Waals surface area contributed by atoms with Gasteiger partial charge in [0.2, 0.25) is 0 Å². The molecular weight excluding hydrogens is 381 g/mol. The summed E-state index contributed by atoms with van der Waals surface area (Å²) in [7, 11) is 1.48. The summed E-state index contributed by atoms with van der Waals surface area (Å²) in [5.41, 5.74) is 4.90. The summed E-state index contributed by atoms with van der Waals surface area (Å²) < 4.78 is 20.2. The monoisotopic (exact) mass is 407 g/mol. The van der Waals surface area contributed by atoms with Crippen LogP contribution in [0.15, 0.2) is 60.2 Å². The van der Waals surface area contributed by atoms with Crippen LogP contribution in [-0.4, -0.2) is 23.9 Å². The molecule has 30 heavy (non-hydrogen) atoms. The standard InChI is InChI=1S/C25H26FNO3/c1-15(2)11-12-27-22-10-7-18(14-21(22)26)23-16(3)13-20(25(30-4)24(23)29)17-5-8-19(28)9-6-17/h5-11,13-14,27-29H,12H2,1-4H3. The number of hydrogen-bond acceptors (Lipinski definition) is 4. The molecule has 3 N–H and O–H groups in total. The number of halogens is 1. The Morgan fingerprint density at radius 1 is 1.03 bits per heavy atom. The molecule has 0 aliphatic carbocycles. The maximum atomic E-state index is 14.7. The molecule has 0 atom stereocenters. The molecular formula is C25H26FNO3. The van der Waals surface area contributed by atoms with Crippen LogP contribution in [0.1, 0.15) is 19.4 Å². The van der Waals surface area contributed by atoms with Gasteiger partial charge in [-0.3, -0.25) is 0 Å². The number of phenolic OH excluding ortho intramolecular Hbond substituents is 2. The molecule has 0 aromatic heterocycles. The Balaban J connectivity index is 2.03. The fourth-order valence-electron chi connectivity index (χ4n) is 3.39. The second-order valence-electron chi connectivity index (χ2n) is 7.40. The number of hydrogen-bond donors (Lipinski definition) is 3. The molecule has 156 valence electrons. The first-order valence-corrected chi connectivity index (χ1v) is 9.69. The predicted octanol–water partition coefficient (Wildman–Crippen LogP) is 6.27. The van der Waals surface area contributed by atoms with E-state index in [1.807, 2.05) is 32.9 Å². The summed E-state index contributed by atoms with van der Waals surface area (Å²) in [5.74, 6) is 0.0109. The number of rotatable bonds is 6. The van der Waals surface area contributed by atoms with Crippen molar-refractivity contribution in [3.8, 4) is 39.5 Å². The largest absolute Gasteiger partial charge is 0.508 e. The van der Waals surface area contributed by atoms with E-state index in [1.54, 1.807) is 36.4 Å². The van der Waals surface area contributed by atoms with E-state index in [0.29, 0.717) is 34.7 Å². The molecule has 0 aliphatic heterocycles. The van der Waals surface area contributed by atoms with Crippen LogP contribution in [0.4, 0.5) is 10.1 Å². The highest BCUT2D eigenvalue weighted by Crippen LogP contribution is 2.46. The van der Waals surface area contributed by atoms with Crippen LogP contribution in [-0.2, 0) is 0 Å². The van der Waals surface area contributed by atoms with Crippen LogP contribution < -0.4 is 10.1 Å². The van der Waals surface area contributed by atoms with Crippen LogP contribution in [0.5, 0.6) is 17.2 Å². The molecule has 0 unspecified atom stereocenters. The second-order valence-corrected chi connectivity index (χ2v) is 7.40. The minimum absolute atomic E-state index is 0.0507. The smallest absolute Gasteiger partial charge is 0.168 e. The van der Waals surface area contributed by atoms with Gasteiger partial charge in [-0.2, -0.15) is 0 Å². The summed E-state index contributed by atoms with van der Waals surface area (Å²) >= 11 is 0. The van der Waals surface area contributed by atoms with E-state index in [1.165, 1.54) is 13.2 Å². The van der Waals surface area contributed by atoms with E-state index in [-0.39, 0.29) is 11.5 Å². The van der Waals surface area contributed by atoms with Gasteiger partial charge in [0.1, 0.15) is 11.6 Å². The van der Waals surface area contributed by atoms with Gasteiger partial charge in [0.15, 0.2) is 11.5 Å². The molecule has 0 fully saturated rings. The molecule has 0 amide bonds.